The summed E-state index contributed by atoms with van der Waals surface area (Å²) < 4.78 is 5.31. The Kier molecular flexibility index (Phi) is 4.11. The first kappa shape index (κ1) is 12.1. The number of anilines is 2. The lowest BCUT2D eigenvalue weighted by Gasteiger charge is -2.29. The van der Waals surface area contributed by atoms with Gasteiger partial charge in [-0.3, -0.25) is 4.90 Å². The van der Waals surface area contributed by atoms with Crippen molar-refractivity contribution in [3.8, 4) is 0 Å². The van der Waals surface area contributed by atoms with Crippen molar-refractivity contribution in [3.05, 3.63) is 12.4 Å². The smallest absolute Gasteiger partial charge is 0.222 e. The van der Waals surface area contributed by atoms with Gasteiger partial charge in [0.05, 0.1) is 31.3 Å². The molecule has 0 spiro atoms. The number of aromatic nitrogens is 2. The fourth-order valence-corrected chi connectivity index (χ4v) is 1.85. The van der Waals surface area contributed by atoms with Gasteiger partial charge in [0.1, 0.15) is 0 Å². The molecular weight excluding hydrogens is 218 g/mol. The molecule has 17 heavy (non-hydrogen) atoms. The standard InChI is InChI=1S/C11H19N5O/c1-9(8-16-2-4-17-5-3-16)15-11-13-6-10(12)7-14-11/h6-7,9H,2-5,8,12H2,1H3,(H,13,14,15). The highest BCUT2D eigenvalue weighted by molar-refractivity contribution is 5.36. The lowest BCUT2D eigenvalue weighted by molar-refractivity contribution is 0.0368. The minimum absolute atomic E-state index is 0.303. The van der Waals surface area contributed by atoms with E-state index in [1.54, 1.807) is 12.4 Å². The van der Waals surface area contributed by atoms with Gasteiger partial charge in [0.25, 0.3) is 0 Å². The van der Waals surface area contributed by atoms with E-state index in [9.17, 15) is 0 Å². The van der Waals surface area contributed by atoms with E-state index < -0.39 is 0 Å². The summed E-state index contributed by atoms with van der Waals surface area (Å²) in [5.41, 5.74) is 6.11. The Morgan fingerprint density at radius 3 is 2.71 bits per heavy atom. The van der Waals surface area contributed by atoms with Crippen molar-refractivity contribution in [2.75, 3.05) is 43.9 Å². The highest BCUT2D eigenvalue weighted by atomic mass is 16.5. The predicted molar refractivity (Wildman–Crippen MR) is 66.8 cm³/mol. The maximum atomic E-state index is 5.53. The summed E-state index contributed by atoms with van der Waals surface area (Å²) in [6, 6.07) is 0.303. The largest absolute Gasteiger partial charge is 0.396 e. The first-order valence-corrected chi connectivity index (χ1v) is 5.88. The Bertz CT molecular complexity index is 336. The van der Waals surface area contributed by atoms with E-state index in [1.807, 2.05) is 0 Å². The van der Waals surface area contributed by atoms with E-state index in [0.29, 0.717) is 17.7 Å². The highest BCUT2D eigenvalue weighted by Gasteiger charge is 2.13. The Labute approximate surface area is 101 Å². The summed E-state index contributed by atoms with van der Waals surface area (Å²) in [5.74, 6) is 0.625. The van der Waals surface area contributed by atoms with E-state index >= 15 is 0 Å². The first-order valence-electron chi connectivity index (χ1n) is 5.88. The number of hydrogen-bond donors (Lipinski definition) is 2. The normalized spacial score (nSPS) is 18.9. The minimum atomic E-state index is 0.303. The molecule has 0 aliphatic carbocycles. The van der Waals surface area contributed by atoms with Crippen LogP contribution in [0.4, 0.5) is 11.6 Å². The Balaban J connectivity index is 1.79. The summed E-state index contributed by atoms with van der Waals surface area (Å²) >= 11 is 0. The topological polar surface area (TPSA) is 76.3 Å². The number of nitrogen functional groups attached to an aromatic ring is 1. The van der Waals surface area contributed by atoms with E-state index in [2.05, 4.69) is 27.1 Å². The molecular formula is C11H19N5O. The molecule has 1 unspecified atom stereocenters. The van der Waals surface area contributed by atoms with Gasteiger partial charge in [0, 0.05) is 25.7 Å². The SMILES string of the molecule is CC(CN1CCOCC1)Nc1ncc(N)cn1. The van der Waals surface area contributed by atoms with Crippen LogP contribution in [0.1, 0.15) is 6.92 Å². The third-order valence-corrected chi connectivity index (χ3v) is 2.68. The second kappa shape index (κ2) is 5.79. The number of nitrogens with one attached hydrogen (secondary N) is 1. The lowest BCUT2D eigenvalue weighted by Crippen LogP contribution is -2.42. The van der Waals surface area contributed by atoms with Crippen molar-refractivity contribution >= 4 is 11.6 Å². The average molecular weight is 237 g/mol. The first-order chi connectivity index (χ1) is 8.24. The molecule has 2 heterocycles. The van der Waals surface area contributed by atoms with Gasteiger partial charge < -0.3 is 15.8 Å². The molecule has 1 atom stereocenters. The average Bonchev–Trinajstić information content (AvgIpc) is 2.33. The Morgan fingerprint density at radius 1 is 1.41 bits per heavy atom. The molecule has 1 saturated heterocycles. The number of hydrogen-bond acceptors (Lipinski definition) is 6. The van der Waals surface area contributed by atoms with Crippen LogP contribution in [0.2, 0.25) is 0 Å². The van der Waals surface area contributed by atoms with E-state index in [0.717, 1.165) is 32.8 Å². The molecule has 6 heteroatoms. The predicted octanol–water partition coefficient (Wildman–Crippen LogP) is 0.191. The summed E-state index contributed by atoms with van der Waals surface area (Å²) in [5, 5.41) is 3.26. The molecule has 0 bridgehead atoms. The zero-order valence-electron chi connectivity index (χ0n) is 10.1. The number of ether oxygens (including phenoxy) is 1. The van der Waals surface area contributed by atoms with Gasteiger partial charge in [0.2, 0.25) is 5.95 Å². The molecule has 3 N–H and O–H groups in total. The van der Waals surface area contributed by atoms with Crippen LogP contribution in [0.15, 0.2) is 12.4 Å². The molecule has 0 saturated carbocycles. The molecule has 2 rings (SSSR count). The summed E-state index contributed by atoms with van der Waals surface area (Å²) in [7, 11) is 0. The third kappa shape index (κ3) is 3.83. The quantitative estimate of drug-likeness (QED) is 0.778. The zero-order valence-corrected chi connectivity index (χ0v) is 10.1. The number of rotatable bonds is 4. The second-order valence-corrected chi connectivity index (χ2v) is 4.30. The molecule has 1 fully saturated rings. The monoisotopic (exact) mass is 237 g/mol. The maximum Gasteiger partial charge on any atom is 0.222 e. The van der Waals surface area contributed by atoms with Crippen LogP contribution in [0.3, 0.4) is 0 Å². The van der Waals surface area contributed by atoms with Crippen LogP contribution < -0.4 is 11.1 Å². The molecule has 1 aliphatic rings. The van der Waals surface area contributed by atoms with Crippen LogP contribution in [-0.2, 0) is 4.74 Å². The summed E-state index contributed by atoms with van der Waals surface area (Å²) in [4.78, 5) is 10.6. The van der Waals surface area contributed by atoms with Crippen LogP contribution in [0.25, 0.3) is 0 Å². The number of nitrogens with two attached hydrogens (primary N) is 1. The van der Waals surface area contributed by atoms with E-state index in [4.69, 9.17) is 10.5 Å². The fourth-order valence-electron chi connectivity index (χ4n) is 1.85. The number of nitrogens with zero attached hydrogens (tertiary/aromatic N) is 3. The molecule has 1 aliphatic heterocycles. The van der Waals surface area contributed by atoms with Gasteiger partial charge in [-0.05, 0) is 6.92 Å². The van der Waals surface area contributed by atoms with Crippen molar-refractivity contribution in [2.24, 2.45) is 0 Å². The van der Waals surface area contributed by atoms with Crippen molar-refractivity contribution in [2.45, 2.75) is 13.0 Å². The van der Waals surface area contributed by atoms with Gasteiger partial charge in [0.15, 0.2) is 0 Å². The van der Waals surface area contributed by atoms with Crippen LogP contribution >= 0.6 is 0 Å². The molecule has 0 amide bonds. The molecule has 6 nitrogen and oxygen atoms in total. The van der Waals surface area contributed by atoms with E-state index in [1.165, 1.54) is 0 Å². The van der Waals surface area contributed by atoms with Crippen LogP contribution in [-0.4, -0.2) is 53.8 Å². The van der Waals surface area contributed by atoms with Gasteiger partial charge in [-0.25, -0.2) is 9.97 Å². The van der Waals surface area contributed by atoms with E-state index in [-0.39, 0.29) is 0 Å². The van der Waals surface area contributed by atoms with Gasteiger partial charge in [-0.15, -0.1) is 0 Å². The minimum Gasteiger partial charge on any atom is -0.396 e. The van der Waals surface area contributed by atoms with Gasteiger partial charge in [-0.1, -0.05) is 0 Å². The molecule has 1 aromatic rings. The zero-order chi connectivity index (χ0) is 12.1. The Hall–Kier alpha value is -1.40. The fraction of sp³-hybridized carbons (Fsp3) is 0.636. The summed E-state index contributed by atoms with van der Waals surface area (Å²) in [6.07, 6.45) is 3.22. The Morgan fingerprint density at radius 2 is 2.06 bits per heavy atom. The lowest BCUT2D eigenvalue weighted by atomic mass is 10.3. The van der Waals surface area contributed by atoms with Crippen LogP contribution in [0, 0.1) is 0 Å². The van der Waals surface area contributed by atoms with Crippen molar-refractivity contribution < 1.29 is 4.74 Å². The van der Waals surface area contributed by atoms with Crippen molar-refractivity contribution in [3.63, 3.8) is 0 Å². The highest BCUT2D eigenvalue weighted by Crippen LogP contribution is 2.05. The molecule has 0 aromatic carbocycles. The van der Waals surface area contributed by atoms with Crippen molar-refractivity contribution in [1.82, 2.24) is 14.9 Å². The number of morpholine rings is 1. The van der Waals surface area contributed by atoms with Gasteiger partial charge >= 0.3 is 0 Å². The molecule has 1 aromatic heterocycles. The molecule has 0 radical (unpaired) electrons. The maximum absolute atomic E-state index is 5.53. The van der Waals surface area contributed by atoms with Gasteiger partial charge in [-0.2, -0.15) is 0 Å². The summed E-state index contributed by atoms with van der Waals surface area (Å²) in [6.45, 7) is 6.73. The third-order valence-electron chi connectivity index (χ3n) is 2.68. The molecule has 94 valence electrons. The van der Waals surface area contributed by atoms with Crippen LogP contribution in [0.5, 0.6) is 0 Å². The van der Waals surface area contributed by atoms with Crippen molar-refractivity contribution in [1.29, 1.82) is 0 Å². The second-order valence-electron chi connectivity index (χ2n) is 4.30.